The molecule has 2 atom stereocenters. The minimum absolute atomic E-state index is 0.0466. The first-order valence-electron chi connectivity index (χ1n) is 11.0. The maximum Gasteiger partial charge on any atom is 0.307 e. The minimum atomic E-state index is -0.707. The van der Waals surface area contributed by atoms with Crippen molar-refractivity contribution in [1.82, 2.24) is 4.90 Å². The van der Waals surface area contributed by atoms with Crippen molar-refractivity contribution in [3.63, 3.8) is 0 Å². The Morgan fingerprint density at radius 3 is 2.39 bits per heavy atom. The largest absolute Gasteiger partial charge is 0.494 e. The lowest BCUT2D eigenvalue weighted by molar-refractivity contribution is -0.143. The molecule has 4 heteroatoms. The second-order valence-electron chi connectivity index (χ2n) is 8.03. The average molecular weight is 416 g/mol. The number of rotatable bonds is 7. The van der Waals surface area contributed by atoms with E-state index in [2.05, 4.69) is 47.4 Å². The molecule has 160 valence electrons. The van der Waals surface area contributed by atoms with Crippen LogP contribution in [0.15, 0.2) is 78.9 Å². The van der Waals surface area contributed by atoms with Crippen LogP contribution in [0.25, 0.3) is 11.1 Å². The van der Waals surface area contributed by atoms with Crippen LogP contribution in [-0.4, -0.2) is 35.7 Å². The maximum atomic E-state index is 11.7. The third kappa shape index (κ3) is 4.80. The van der Waals surface area contributed by atoms with Crippen LogP contribution in [0.4, 0.5) is 0 Å². The van der Waals surface area contributed by atoms with Crippen LogP contribution in [0.3, 0.4) is 0 Å². The summed E-state index contributed by atoms with van der Waals surface area (Å²) in [6, 6.07) is 27.0. The summed E-state index contributed by atoms with van der Waals surface area (Å²) in [4.78, 5) is 14.0. The zero-order chi connectivity index (χ0) is 21.6. The first-order valence-corrected chi connectivity index (χ1v) is 11.0. The van der Waals surface area contributed by atoms with Crippen molar-refractivity contribution in [2.24, 2.45) is 5.92 Å². The third-order valence-electron chi connectivity index (χ3n) is 6.01. The number of carbonyl (C=O) groups is 1. The van der Waals surface area contributed by atoms with Gasteiger partial charge in [0.05, 0.1) is 18.6 Å². The third-order valence-corrected chi connectivity index (χ3v) is 6.01. The number of aliphatic carboxylic acids is 1. The van der Waals surface area contributed by atoms with Crippen molar-refractivity contribution < 1.29 is 14.6 Å². The molecule has 0 spiro atoms. The van der Waals surface area contributed by atoms with Gasteiger partial charge in [-0.25, -0.2) is 0 Å². The summed E-state index contributed by atoms with van der Waals surface area (Å²) >= 11 is 0. The molecule has 1 N–H and O–H groups in total. The van der Waals surface area contributed by atoms with Crippen LogP contribution >= 0.6 is 0 Å². The molecule has 1 aliphatic heterocycles. The van der Waals surface area contributed by atoms with Gasteiger partial charge < -0.3 is 9.84 Å². The Hall–Kier alpha value is -3.11. The van der Waals surface area contributed by atoms with E-state index in [0.717, 1.165) is 36.3 Å². The molecule has 4 rings (SSSR count). The summed E-state index contributed by atoms with van der Waals surface area (Å²) in [5, 5.41) is 9.63. The number of piperidine rings is 1. The summed E-state index contributed by atoms with van der Waals surface area (Å²) < 4.78 is 5.95. The normalized spacial score (nSPS) is 17.8. The van der Waals surface area contributed by atoms with E-state index in [-0.39, 0.29) is 12.0 Å². The van der Waals surface area contributed by atoms with Crippen molar-refractivity contribution in [3.8, 4) is 16.9 Å². The summed E-state index contributed by atoms with van der Waals surface area (Å²) in [5.74, 6) is -0.181. The van der Waals surface area contributed by atoms with Crippen LogP contribution in [0, 0.1) is 5.92 Å². The Bertz CT molecular complexity index is 1000. The van der Waals surface area contributed by atoms with Crippen molar-refractivity contribution in [2.75, 3.05) is 19.7 Å². The Kier molecular flexibility index (Phi) is 6.68. The van der Waals surface area contributed by atoms with Gasteiger partial charge in [-0.15, -0.1) is 0 Å². The van der Waals surface area contributed by atoms with Gasteiger partial charge in [0.1, 0.15) is 5.75 Å². The predicted molar refractivity (Wildman–Crippen MR) is 123 cm³/mol. The molecule has 3 aromatic carbocycles. The molecular weight excluding hydrogens is 386 g/mol. The van der Waals surface area contributed by atoms with E-state index in [9.17, 15) is 9.90 Å². The average Bonchev–Trinajstić information content (AvgIpc) is 2.82. The fourth-order valence-electron chi connectivity index (χ4n) is 4.51. The van der Waals surface area contributed by atoms with Gasteiger partial charge in [-0.05, 0) is 49.1 Å². The molecule has 3 aromatic rings. The molecular formula is C27H29NO3. The molecule has 0 radical (unpaired) electrons. The summed E-state index contributed by atoms with van der Waals surface area (Å²) in [5.41, 5.74) is 4.59. The number of ether oxygens (including phenoxy) is 1. The smallest absolute Gasteiger partial charge is 0.307 e. The summed E-state index contributed by atoms with van der Waals surface area (Å²) in [7, 11) is 0. The lowest BCUT2D eigenvalue weighted by atomic mass is 9.90. The number of likely N-dealkylation sites (tertiary alicyclic amines) is 1. The molecule has 2 unspecified atom stereocenters. The number of benzene rings is 3. The standard InChI is InChI=1S/C27H29NO3/c1-2-31-25-13-7-6-12-24(25)26(28-18-8-11-23(19-28)27(29)30)22-16-14-21(15-17-22)20-9-4-3-5-10-20/h3-7,9-10,12-17,23,26H,2,8,11,18-19H2,1H3,(H,29,30). The minimum Gasteiger partial charge on any atom is -0.494 e. The number of hydrogen-bond donors (Lipinski definition) is 1. The van der Waals surface area contributed by atoms with Crippen molar-refractivity contribution in [2.45, 2.75) is 25.8 Å². The molecule has 1 saturated heterocycles. The van der Waals surface area contributed by atoms with Crippen LogP contribution in [0.1, 0.15) is 36.9 Å². The van der Waals surface area contributed by atoms with Gasteiger partial charge in [0.2, 0.25) is 0 Å². The van der Waals surface area contributed by atoms with Crippen LogP contribution in [0.5, 0.6) is 5.75 Å². The second kappa shape index (κ2) is 9.80. The lowest BCUT2D eigenvalue weighted by Crippen LogP contribution is -2.41. The second-order valence-corrected chi connectivity index (χ2v) is 8.03. The quantitative estimate of drug-likeness (QED) is 0.543. The van der Waals surface area contributed by atoms with Crippen LogP contribution in [0.2, 0.25) is 0 Å². The number of carboxylic acids is 1. The van der Waals surface area contributed by atoms with Crippen LogP contribution < -0.4 is 4.74 Å². The fourth-order valence-corrected chi connectivity index (χ4v) is 4.51. The Morgan fingerprint density at radius 1 is 1.00 bits per heavy atom. The number of para-hydroxylation sites is 1. The van der Waals surface area contributed by atoms with Gasteiger partial charge >= 0.3 is 5.97 Å². The van der Waals surface area contributed by atoms with E-state index in [4.69, 9.17) is 4.74 Å². The number of hydrogen-bond acceptors (Lipinski definition) is 3. The molecule has 1 heterocycles. The van der Waals surface area contributed by atoms with Gasteiger partial charge in [0.15, 0.2) is 0 Å². The van der Waals surface area contributed by atoms with E-state index in [1.807, 2.05) is 43.3 Å². The molecule has 4 nitrogen and oxygen atoms in total. The topological polar surface area (TPSA) is 49.8 Å². The highest BCUT2D eigenvalue weighted by Crippen LogP contribution is 2.38. The monoisotopic (exact) mass is 415 g/mol. The Balaban J connectivity index is 1.73. The summed E-state index contributed by atoms with van der Waals surface area (Å²) in [6.45, 7) is 3.99. The first kappa shape index (κ1) is 21.1. The maximum absolute atomic E-state index is 11.7. The highest BCUT2D eigenvalue weighted by molar-refractivity contribution is 5.70. The predicted octanol–water partition coefficient (Wildman–Crippen LogP) is 5.64. The molecule has 0 bridgehead atoms. The molecule has 0 aromatic heterocycles. The molecule has 0 amide bonds. The van der Waals surface area contributed by atoms with Crippen molar-refractivity contribution in [3.05, 3.63) is 90.0 Å². The summed E-state index contributed by atoms with van der Waals surface area (Å²) in [6.07, 6.45) is 1.62. The Morgan fingerprint density at radius 2 is 1.68 bits per heavy atom. The molecule has 31 heavy (non-hydrogen) atoms. The fraction of sp³-hybridized carbons (Fsp3) is 0.296. The van der Waals surface area contributed by atoms with E-state index in [1.54, 1.807) is 0 Å². The number of carboxylic acid groups (broad SMARTS) is 1. The van der Waals surface area contributed by atoms with E-state index in [0.29, 0.717) is 13.2 Å². The van der Waals surface area contributed by atoms with Gasteiger partial charge in [-0.2, -0.15) is 0 Å². The number of nitrogens with zero attached hydrogens (tertiary/aromatic N) is 1. The van der Waals surface area contributed by atoms with E-state index in [1.165, 1.54) is 11.1 Å². The first-order chi connectivity index (χ1) is 15.2. The van der Waals surface area contributed by atoms with Gasteiger partial charge in [0.25, 0.3) is 0 Å². The van der Waals surface area contributed by atoms with Gasteiger partial charge in [-0.3, -0.25) is 9.69 Å². The van der Waals surface area contributed by atoms with Crippen molar-refractivity contribution >= 4 is 5.97 Å². The SMILES string of the molecule is CCOc1ccccc1C(c1ccc(-c2ccccc2)cc1)N1CCCC(C(=O)O)C1. The zero-order valence-corrected chi connectivity index (χ0v) is 17.9. The highest BCUT2D eigenvalue weighted by Gasteiger charge is 2.32. The molecule has 0 saturated carbocycles. The molecule has 0 aliphatic carbocycles. The van der Waals surface area contributed by atoms with Gasteiger partial charge in [-0.1, -0.05) is 72.8 Å². The Labute approximate surface area is 184 Å². The lowest BCUT2D eigenvalue weighted by Gasteiger charge is -2.38. The highest BCUT2D eigenvalue weighted by atomic mass is 16.5. The zero-order valence-electron chi connectivity index (χ0n) is 17.9. The van der Waals surface area contributed by atoms with Gasteiger partial charge in [0, 0.05) is 12.1 Å². The van der Waals surface area contributed by atoms with Crippen molar-refractivity contribution in [1.29, 1.82) is 0 Å². The van der Waals surface area contributed by atoms with E-state index >= 15 is 0 Å². The molecule has 1 fully saturated rings. The molecule has 1 aliphatic rings. The van der Waals surface area contributed by atoms with E-state index < -0.39 is 5.97 Å². The van der Waals surface area contributed by atoms with Crippen LogP contribution in [-0.2, 0) is 4.79 Å².